The Hall–Kier alpha value is -2.50. The number of aliphatic hydroxyl groups excluding tert-OH is 1. The van der Waals surface area contributed by atoms with E-state index >= 15 is 0 Å². The quantitative estimate of drug-likeness (QED) is 0.712. The van der Waals surface area contributed by atoms with Crippen LogP contribution in [0.25, 0.3) is 0 Å². The molecule has 1 saturated heterocycles. The van der Waals surface area contributed by atoms with Crippen molar-refractivity contribution in [1.29, 1.82) is 0 Å². The van der Waals surface area contributed by atoms with Crippen LogP contribution < -0.4 is 0 Å². The number of carbonyl (C=O) groups is 2. The summed E-state index contributed by atoms with van der Waals surface area (Å²) in [4.78, 5) is 26.6. The van der Waals surface area contributed by atoms with Gasteiger partial charge in [-0.2, -0.15) is 0 Å². The molecule has 0 unspecified atom stereocenters. The number of likely N-dealkylation sites (tertiary alicyclic amines) is 1. The molecule has 1 heterocycles. The molecule has 0 bridgehead atoms. The molecular formula is C25H29NO4. The van der Waals surface area contributed by atoms with E-state index in [-0.39, 0.29) is 42.9 Å². The predicted molar refractivity (Wildman–Crippen MR) is 114 cm³/mol. The van der Waals surface area contributed by atoms with Crippen LogP contribution in [0.15, 0.2) is 54.6 Å². The van der Waals surface area contributed by atoms with Crippen molar-refractivity contribution >= 4 is 11.8 Å². The molecule has 0 aromatic heterocycles. The fraction of sp³-hybridized carbons (Fsp3) is 0.440. The van der Waals surface area contributed by atoms with Gasteiger partial charge in [-0.05, 0) is 30.9 Å². The van der Waals surface area contributed by atoms with Crippen LogP contribution in [0, 0.1) is 18.8 Å². The first-order valence-corrected chi connectivity index (χ1v) is 10.8. The first-order chi connectivity index (χ1) is 14.5. The molecule has 2 amide bonds. The molecule has 1 aliphatic heterocycles. The lowest BCUT2D eigenvalue weighted by atomic mass is 9.81. The number of benzene rings is 2. The van der Waals surface area contributed by atoms with E-state index < -0.39 is 6.10 Å². The molecule has 1 N–H and O–H groups in total. The zero-order valence-corrected chi connectivity index (χ0v) is 17.4. The van der Waals surface area contributed by atoms with E-state index in [0.29, 0.717) is 0 Å². The Morgan fingerprint density at radius 1 is 0.933 bits per heavy atom. The minimum atomic E-state index is -0.922. The van der Waals surface area contributed by atoms with Crippen molar-refractivity contribution in [3.8, 4) is 0 Å². The van der Waals surface area contributed by atoms with Crippen molar-refractivity contribution < 1.29 is 19.4 Å². The van der Waals surface area contributed by atoms with Crippen LogP contribution in [-0.4, -0.2) is 41.1 Å². The molecule has 1 aliphatic carbocycles. The smallest absolute Gasteiger partial charge is 0.233 e. The first-order valence-electron chi connectivity index (χ1n) is 10.8. The molecule has 2 aromatic rings. The predicted octanol–water partition coefficient (Wildman–Crippen LogP) is 3.64. The molecule has 5 nitrogen and oxygen atoms in total. The van der Waals surface area contributed by atoms with E-state index in [1.54, 1.807) is 0 Å². The summed E-state index contributed by atoms with van der Waals surface area (Å²) in [5.74, 6) is -0.628. The second-order valence-electron chi connectivity index (χ2n) is 8.47. The maximum atomic E-state index is 12.7. The lowest BCUT2D eigenvalue weighted by Crippen LogP contribution is -2.39. The maximum absolute atomic E-state index is 12.7. The lowest BCUT2D eigenvalue weighted by molar-refractivity contribution is -0.142. The molecule has 2 aromatic carbocycles. The monoisotopic (exact) mass is 407 g/mol. The molecule has 4 atom stereocenters. The molecule has 1 saturated carbocycles. The normalized spacial score (nSPS) is 23.3. The van der Waals surface area contributed by atoms with Crippen LogP contribution in [0.5, 0.6) is 0 Å². The van der Waals surface area contributed by atoms with Gasteiger partial charge in [-0.1, -0.05) is 73.0 Å². The standard InChI is InChI=1S/C25H29NO4/c1-17-11-13-19(14-12-17)23(18-7-3-2-4-8-18)30-16-20(27)15-26-24(28)21-9-5-6-10-22(21)25(26)29/h2-4,7-8,11-14,20-23,27H,5-6,9-10,15-16H2,1H3/t20-,21-,22+,23+/m1/s1. The van der Waals surface area contributed by atoms with Gasteiger partial charge in [0.15, 0.2) is 0 Å². The summed E-state index contributed by atoms with van der Waals surface area (Å²) in [5.41, 5.74) is 3.16. The zero-order valence-electron chi connectivity index (χ0n) is 17.4. The van der Waals surface area contributed by atoms with Crippen LogP contribution in [0.1, 0.15) is 48.5 Å². The number of imide groups is 1. The Morgan fingerprint density at radius 2 is 1.50 bits per heavy atom. The number of rotatable bonds is 7. The molecule has 0 radical (unpaired) electrons. The highest BCUT2D eigenvalue weighted by Gasteiger charge is 2.48. The number of aryl methyl sites for hydroxylation is 1. The molecule has 158 valence electrons. The minimum absolute atomic E-state index is 0.0000736. The number of carbonyl (C=O) groups excluding carboxylic acids is 2. The maximum Gasteiger partial charge on any atom is 0.233 e. The zero-order chi connectivity index (χ0) is 21.1. The van der Waals surface area contributed by atoms with Crippen LogP contribution in [0.2, 0.25) is 0 Å². The Kier molecular flexibility index (Phi) is 6.30. The van der Waals surface area contributed by atoms with Gasteiger partial charge in [-0.15, -0.1) is 0 Å². The summed E-state index contributed by atoms with van der Waals surface area (Å²) in [5, 5.41) is 10.6. The summed E-state index contributed by atoms with van der Waals surface area (Å²) in [6.07, 6.45) is 2.30. The second kappa shape index (κ2) is 9.11. The lowest BCUT2D eigenvalue weighted by Gasteiger charge is -2.23. The fourth-order valence-electron chi connectivity index (χ4n) is 4.64. The van der Waals surface area contributed by atoms with Gasteiger partial charge in [-0.3, -0.25) is 14.5 Å². The molecule has 4 rings (SSSR count). The third kappa shape index (κ3) is 4.32. The Labute approximate surface area is 177 Å². The van der Waals surface area contributed by atoms with E-state index in [4.69, 9.17) is 4.74 Å². The number of hydrogen-bond donors (Lipinski definition) is 1. The SMILES string of the molecule is Cc1ccc([C@@H](OC[C@H](O)CN2C(=O)[C@H]3CCCC[C@H]3C2=O)c2ccccc2)cc1. The topological polar surface area (TPSA) is 66.8 Å². The Balaban J connectivity index is 1.43. The summed E-state index contributed by atoms with van der Waals surface area (Å²) in [6.45, 7) is 2.08. The van der Waals surface area contributed by atoms with E-state index in [1.165, 1.54) is 4.90 Å². The summed E-state index contributed by atoms with van der Waals surface area (Å²) in [7, 11) is 0. The fourth-order valence-corrected chi connectivity index (χ4v) is 4.64. The number of β-amino-alcohol motifs (C(OH)–C–C–N with tert-alkyl or cyclic N) is 1. The van der Waals surface area contributed by atoms with E-state index in [1.807, 2.05) is 61.5 Å². The van der Waals surface area contributed by atoms with Crippen molar-refractivity contribution in [2.75, 3.05) is 13.2 Å². The highest BCUT2D eigenvalue weighted by atomic mass is 16.5. The molecule has 5 heteroatoms. The van der Waals surface area contributed by atoms with E-state index in [9.17, 15) is 14.7 Å². The van der Waals surface area contributed by atoms with Crippen molar-refractivity contribution in [1.82, 2.24) is 4.90 Å². The summed E-state index contributed by atoms with van der Waals surface area (Å²) >= 11 is 0. The van der Waals surface area contributed by atoms with Crippen LogP contribution in [-0.2, 0) is 14.3 Å². The number of nitrogens with zero attached hydrogens (tertiary/aromatic N) is 1. The average Bonchev–Trinajstić information content (AvgIpc) is 3.01. The van der Waals surface area contributed by atoms with E-state index in [2.05, 4.69) is 0 Å². The first kappa shape index (κ1) is 20.8. The second-order valence-corrected chi connectivity index (χ2v) is 8.47. The van der Waals surface area contributed by atoms with Gasteiger partial charge in [-0.25, -0.2) is 0 Å². The number of aliphatic hydroxyl groups is 1. The van der Waals surface area contributed by atoms with E-state index in [0.717, 1.165) is 42.4 Å². The van der Waals surface area contributed by atoms with Gasteiger partial charge < -0.3 is 9.84 Å². The molecule has 0 spiro atoms. The molecule has 2 fully saturated rings. The average molecular weight is 408 g/mol. The molecule has 30 heavy (non-hydrogen) atoms. The molecule has 2 aliphatic rings. The van der Waals surface area contributed by atoms with Gasteiger partial charge in [0.2, 0.25) is 11.8 Å². The largest absolute Gasteiger partial charge is 0.389 e. The highest BCUT2D eigenvalue weighted by molar-refractivity contribution is 6.05. The van der Waals surface area contributed by atoms with Crippen LogP contribution in [0.3, 0.4) is 0 Å². The van der Waals surface area contributed by atoms with Gasteiger partial charge in [0.05, 0.1) is 31.1 Å². The van der Waals surface area contributed by atoms with Crippen LogP contribution in [0.4, 0.5) is 0 Å². The van der Waals surface area contributed by atoms with Crippen LogP contribution >= 0.6 is 0 Å². The third-order valence-corrected chi connectivity index (χ3v) is 6.26. The molecular weight excluding hydrogens is 378 g/mol. The third-order valence-electron chi connectivity index (χ3n) is 6.26. The highest BCUT2D eigenvalue weighted by Crippen LogP contribution is 2.38. The minimum Gasteiger partial charge on any atom is -0.389 e. The number of ether oxygens (including phenoxy) is 1. The van der Waals surface area contributed by atoms with Gasteiger partial charge in [0.25, 0.3) is 0 Å². The number of hydrogen-bond acceptors (Lipinski definition) is 4. The van der Waals surface area contributed by atoms with Crippen molar-refractivity contribution in [3.63, 3.8) is 0 Å². The van der Waals surface area contributed by atoms with Crippen molar-refractivity contribution in [2.45, 2.75) is 44.8 Å². The van der Waals surface area contributed by atoms with Crippen molar-refractivity contribution in [2.24, 2.45) is 11.8 Å². The summed E-state index contributed by atoms with van der Waals surface area (Å²) in [6, 6.07) is 18.0. The van der Waals surface area contributed by atoms with Gasteiger partial charge in [0, 0.05) is 0 Å². The Morgan fingerprint density at radius 3 is 2.10 bits per heavy atom. The Bertz CT molecular complexity index is 856. The van der Waals surface area contributed by atoms with Crippen molar-refractivity contribution in [3.05, 3.63) is 71.3 Å². The number of fused-ring (bicyclic) bond motifs is 1. The number of amides is 2. The van der Waals surface area contributed by atoms with Gasteiger partial charge in [0.1, 0.15) is 6.10 Å². The summed E-state index contributed by atoms with van der Waals surface area (Å²) < 4.78 is 6.12. The van der Waals surface area contributed by atoms with Gasteiger partial charge >= 0.3 is 0 Å².